The van der Waals surface area contributed by atoms with Crippen LogP contribution >= 0.6 is 11.6 Å². The smallest absolute Gasteiger partial charge is 0.416 e. The van der Waals surface area contributed by atoms with Crippen molar-refractivity contribution in [2.75, 3.05) is 5.32 Å². The van der Waals surface area contributed by atoms with Crippen LogP contribution in [0.2, 0.25) is 5.28 Å². The topological polar surface area (TPSA) is 47.0 Å². The molecule has 0 unspecified atom stereocenters. The molecule has 0 aliphatic heterocycles. The molecule has 0 amide bonds. The second-order valence-electron chi connectivity index (χ2n) is 5.17. The van der Waals surface area contributed by atoms with Crippen molar-refractivity contribution in [1.82, 2.24) is 9.97 Å². The third kappa shape index (κ3) is 4.48. The number of rotatable bonds is 4. The van der Waals surface area contributed by atoms with E-state index in [0.717, 1.165) is 12.1 Å². The van der Waals surface area contributed by atoms with Crippen molar-refractivity contribution in [3.63, 3.8) is 0 Å². The SMILES string of the molecule is Cc1cnc(Cl)nc1Nc1cc(C(F)(F)F)ccc1OC(C)C. The Labute approximate surface area is 136 Å². The fourth-order valence-corrected chi connectivity index (χ4v) is 1.97. The summed E-state index contributed by atoms with van der Waals surface area (Å²) in [5.74, 6) is 0.611. The van der Waals surface area contributed by atoms with E-state index in [1.165, 1.54) is 12.3 Å². The molecule has 0 aliphatic carbocycles. The molecule has 0 radical (unpaired) electrons. The predicted octanol–water partition coefficient (Wildman–Crippen LogP) is 4.99. The van der Waals surface area contributed by atoms with Crippen LogP contribution in [-0.4, -0.2) is 16.1 Å². The molecule has 1 N–H and O–H groups in total. The maximum absolute atomic E-state index is 12.9. The minimum absolute atomic E-state index is 0.00333. The number of hydrogen-bond donors (Lipinski definition) is 1. The highest BCUT2D eigenvalue weighted by Gasteiger charge is 2.31. The Balaban J connectivity index is 2.46. The molecular formula is C15H15ClF3N3O. The highest BCUT2D eigenvalue weighted by atomic mass is 35.5. The fourth-order valence-electron chi connectivity index (χ4n) is 1.84. The van der Waals surface area contributed by atoms with E-state index in [1.807, 2.05) is 0 Å². The standard InChI is InChI=1S/C15H15ClF3N3O/c1-8(2)23-12-5-4-10(15(17,18)19)6-11(12)21-13-9(3)7-20-14(16)22-13/h4-8H,1-3H3,(H,20,21,22). The van der Waals surface area contributed by atoms with Gasteiger partial charge in [0.25, 0.3) is 0 Å². The number of nitrogens with one attached hydrogen (secondary N) is 1. The summed E-state index contributed by atoms with van der Waals surface area (Å²) >= 11 is 5.74. The van der Waals surface area contributed by atoms with Crippen molar-refractivity contribution in [2.24, 2.45) is 0 Å². The van der Waals surface area contributed by atoms with Gasteiger partial charge in [-0.2, -0.15) is 13.2 Å². The second-order valence-corrected chi connectivity index (χ2v) is 5.51. The molecule has 2 rings (SSSR count). The summed E-state index contributed by atoms with van der Waals surface area (Å²) in [5, 5.41) is 2.84. The molecule has 124 valence electrons. The molecule has 23 heavy (non-hydrogen) atoms. The molecular weight excluding hydrogens is 331 g/mol. The fraction of sp³-hybridized carbons (Fsp3) is 0.333. The number of benzene rings is 1. The van der Waals surface area contributed by atoms with Crippen LogP contribution < -0.4 is 10.1 Å². The summed E-state index contributed by atoms with van der Waals surface area (Å²) in [6.07, 6.45) is -3.17. The number of aromatic nitrogens is 2. The number of hydrogen-bond acceptors (Lipinski definition) is 4. The zero-order valence-corrected chi connectivity index (χ0v) is 13.5. The van der Waals surface area contributed by atoms with Crippen LogP contribution in [0, 0.1) is 6.92 Å². The lowest BCUT2D eigenvalue weighted by molar-refractivity contribution is -0.137. The van der Waals surface area contributed by atoms with E-state index in [4.69, 9.17) is 16.3 Å². The molecule has 8 heteroatoms. The molecule has 0 fully saturated rings. The van der Waals surface area contributed by atoms with Crippen molar-refractivity contribution in [3.05, 3.63) is 40.8 Å². The van der Waals surface area contributed by atoms with Crippen LogP contribution in [-0.2, 0) is 6.18 Å². The first-order valence-electron chi connectivity index (χ1n) is 6.81. The molecule has 0 atom stereocenters. The molecule has 0 aliphatic rings. The Hall–Kier alpha value is -2.02. The number of ether oxygens (including phenoxy) is 1. The lowest BCUT2D eigenvalue weighted by Crippen LogP contribution is -2.10. The van der Waals surface area contributed by atoms with E-state index >= 15 is 0 Å². The average Bonchev–Trinajstić information content (AvgIpc) is 2.43. The Kier molecular flexibility index (Phi) is 4.99. The van der Waals surface area contributed by atoms with Crippen molar-refractivity contribution in [3.8, 4) is 5.75 Å². The minimum Gasteiger partial charge on any atom is -0.489 e. The lowest BCUT2D eigenvalue weighted by atomic mass is 10.1. The van der Waals surface area contributed by atoms with Gasteiger partial charge in [-0.1, -0.05) is 0 Å². The van der Waals surface area contributed by atoms with Gasteiger partial charge < -0.3 is 10.1 Å². The van der Waals surface area contributed by atoms with Crippen molar-refractivity contribution in [2.45, 2.75) is 33.1 Å². The summed E-state index contributed by atoms with van der Waals surface area (Å²) in [6.45, 7) is 5.29. The first-order chi connectivity index (χ1) is 10.7. The van der Waals surface area contributed by atoms with E-state index in [1.54, 1.807) is 20.8 Å². The number of aryl methyl sites for hydroxylation is 1. The Bertz CT molecular complexity index is 705. The van der Waals surface area contributed by atoms with E-state index < -0.39 is 11.7 Å². The van der Waals surface area contributed by atoms with Crippen LogP contribution in [0.1, 0.15) is 25.0 Å². The zero-order chi connectivity index (χ0) is 17.2. The van der Waals surface area contributed by atoms with Crippen LogP contribution in [0.25, 0.3) is 0 Å². The number of nitrogens with zero attached hydrogens (tertiary/aromatic N) is 2. The molecule has 2 aromatic rings. The normalized spacial score (nSPS) is 11.7. The first kappa shape index (κ1) is 17.3. The van der Waals surface area contributed by atoms with Crippen molar-refractivity contribution < 1.29 is 17.9 Å². The molecule has 1 aromatic carbocycles. The monoisotopic (exact) mass is 345 g/mol. The molecule has 1 aromatic heterocycles. The maximum Gasteiger partial charge on any atom is 0.416 e. The molecule has 0 saturated carbocycles. The zero-order valence-electron chi connectivity index (χ0n) is 12.7. The lowest BCUT2D eigenvalue weighted by Gasteiger charge is -2.18. The molecule has 0 saturated heterocycles. The van der Waals surface area contributed by atoms with Crippen LogP contribution in [0.5, 0.6) is 5.75 Å². The Morgan fingerprint density at radius 3 is 2.57 bits per heavy atom. The van der Waals surface area contributed by atoms with Gasteiger partial charge >= 0.3 is 6.18 Å². The summed E-state index contributed by atoms with van der Waals surface area (Å²) in [7, 11) is 0. The molecule has 4 nitrogen and oxygen atoms in total. The average molecular weight is 346 g/mol. The summed E-state index contributed by atoms with van der Waals surface area (Å²) in [4.78, 5) is 7.80. The van der Waals surface area contributed by atoms with Gasteiger partial charge in [0.15, 0.2) is 0 Å². The number of alkyl halides is 3. The van der Waals surface area contributed by atoms with E-state index in [-0.39, 0.29) is 17.1 Å². The van der Waals surface area contributed by atoms with Gasteiger partial charge in [-0.3, -0.25) is 0 Å². The number of anilines is 2. The highest BCUT2D eigenvalue weighted by Crippen LogP contribution is 2.36. The maximum atomic E-state index is 12.9. The second kappa shape index (κ2) is 6.62. The summed E-state index contributed by atoms with van der Waals surface area (Å²) in [5.41, 5.74) is 0.0163. The summed E-state index contributed by atoms with van der Waals surface area (Å²) < 4.78 is 44.3. The predicted molar refractivity (Wildman–Crippen MR) is 82.3 cm³/mol. The van der Waals surface area contributed by atoms with Crippen molar-refractivity contribution in [1.29, 1.82) is 0 Å². The van der Waals surface area contributed by atoms with Gasteiger partial charge in [0.05, 0.1) is 17.4 Å². The summed E-state index contributed by atoms with van der Waals surface area (Å²) in [6, 6.07) is 3.24. The quantitative estimate of drug-likeness (QED) is 0.793. The van der Waals surface area contributed by atoms with E-state index in [0.29, 0.717) is 17.1 Å². The van der Waals surface area contributed by atoms with Gasteiger partial charge in [-0.05, 0) is 50.6 Å². The number of halogens is 4. The third-order valence-corrected chi connectivity index (χ3v) is 3.05. The minimum atomic E-state index is -4.45. The van der Waals surface area contributed by atoms with Gasteiger partial charge in [0.2, 0.25) is 5.28 Å². The van der Waals surface area contributed by atoms with E-state index in [2.05, 4.69) is 15.3 Å². The molecule has 0 spiro atoms. The van der Waals surface area contributed by atoms with Gasteiger partial charge in [-0.15, -0.1) is 0 Å². The van der Waals surface area contributed by atoms with Gasteiger partial charge in [0.1, 0.15) is 11.6 Å². The van der Waals surface area contributed by atoms with E-state index in [9.17, 15) is 13.2 Å². The van der Waals surface area contributed by atoms with Crippen LogP contribution in [0.3, 0.4) is 0 Å². The van der Waals surface area contributed by atoms with Crippen molar-refractivity contribution >= 4 is 23.1 Å². The first-order valence-corrected chi connectivity index (χ1v) is 7.18. The largest absolute Gasteiger partial charge is 0.489 e. The van der Waals surface area contributed by atoms with Gasteiger partial charge in [-0.25, -0.2) is 9.97 Å². The Morgan fingerprint density at radius 1 is 1.26 bits per heavy atom. The van der Waals surface area contributed by atoms with Gasteiger partial charge in [0, 0.05) is 11.8 Å². The molecule has 0 bridgehead atoms. The third-order valence-electron chi connectivity index (χ3n) is 2.86. The highest BCUT2D eigenvalue weighted by molar-refractivity contribution is 6.28. The molecule has 1 heterocycles. The van der Waals surface area contributed by atoms with Crippen LogP contribution in [0.4, 0.5) is 24.7 Å². The Morgan fingerprint density at radius 2 is 1.96 bits per heavy atom. The van der Waals surface area contributed by atoms with Crippen LogP contribution in [0.15, 0.2) is 24.4 Å².